The second-order valence-electron chi connectivity index (χ2n) is 1.45. The molecule has 0 aliphatic heterocycles. The van der Waals surface area contributed by atoms with Crippen molar-refractivity contribution in [3.05, 3.63) is 0 Å². The van der Waals surface area contributed by atoms with Crippen molar-refractivity contribution < 1.29 is 22.2 Å². The lowest BCUT2D eigenvalue weighted by molar-refractivity contribution is -0.134. The molecule has 7 heteroatoms. The van der Waals surface area contributed by atoms with Crippen molar-refractivity contribution in [2.75, 3.05) is 6.54 Å². The first-order chi connectivity index (χ1) is 4.79. The summed E-state index contributed by atoms with van der Waals surface area (Å²) in [6, 6.07) is 0. The zero-order valence-corrected chi connectivity index (χ0v) is 6.98. The number of rotatable bonds is 2. The van der Waals surface area contributed by atoms with Crippen molar-refractivity contribution in [2.24, 2.45) is 0 Å². The van der Waals surface area contributed by atoms with Crippen molar-refractivity contribution >= 4 is 16.4 Å². The number of carbonyl (C=O) groups is 1. The largest absolute Gasteiger partial charge is 0.481 e. The van der Waals surface area contributed by atoms with Gasteiger partial charge in [0.15, 0.2) is 0 Å². The minimum Gasteiger partial charge on any atom is -0.481 e. The van der Waals surface area contributed by atoms with Crippen LogP contribution in [0.2, 0.25) is 0 Å². The average Bonchev–Trinajstić information content (AvgIpc) is 1.58. The van der Waals surface area contributed by atoms with Gasteiger partial charge in [-0.25, -0.2) is 0 Å². The number of carboxylic acids is 1. The van der Waals surface area contributed by atoms with Crippen LogP contribution in [0.25, 0.3) is 0 Å². The van der Waals surface area contributed by atoms with Gasteiger partial charge in [-0.1, -0.05) is 10.8 Å². The van der Waals surface area contributed by atoms with Crippen LogP contribution in [0.3, 0.4) is 0 Å². The second-order valence-corrected chi connectivity index (χ2v) is 2.62. The van der Waals surface area contributed by atoms with E-state index in [0.717, 1.165) is 6.92 Å². The molecule has 0 radical (unpaired) electrons. The van der Waals surface area contributed by atoms with Crippen LogP contribution in [0.5, 0.6) is 0 Å². The Labute approximate surface area is 64.6 Å². The first kappa shape index (κ1) is 12.9. The molecule has 0 atom stereocenters. The van der Waals surface area contributed by atoms with Gasteiger partial charge in [-0.2, -0.15) is 13.1 Å². The SMILES string of the molecule is CC(=O)O.CCNS(=O)(=O)F. The van der Waals surface area contributed by atoms with E-state index >= 15 is 0 Å². The summed E-state index contributed by atoms with van der Waals surface area (Å²) in [7, 11) is -4.42. The van der Waals surface area contributed by atoms with Crippen LogP contribution >= 0.6 is 0 Å². The molecular formula is C4H10FNO4S. The fraction of sp³-hybridized carbons (Fsp3) is 0.750. The average molecular weight is 187 g/mol. The van der Waals surface area contributed by atoms with E-state index in [1.54, 1.807) is 4.72 Å². The molecule has 0 aromatic carbocycles. The standard InChI is InChI=1S/C2H6FNO2S.C2H4O2/c1-2-4-7(3,5)6;1-2(3)4/h4H,2H2,1H3;1H3,(H,3,4). The summed E-state index contributed by atoms with van der Waals surface area (Å²) in [5.41, 5.74) is 0. The van der Waals surface area contributed by atoms with Crippen molar-refractivity contribution in [1.82, 2.24) is 4.72 Å². The van der Waals surface area contributed by atoms with Crippen LogP contribution in [0.4, 0.5) is 3.89 Å². The van der Waals surface area contributed by atoms with Gasteiger partial charge in [0.1, 0.15) is 0 Å². The van der Waals surface area contributed by atoms with Gasteiger partial charge in [-0.05, 0) is 0 Å². The number of nitrogens with one attached hydrogen (secondary N) is 1. The molecule has 5 nitrogen and oxygen atoms in total. The zero-order chi connectivity index (χ0) is 9.49. The van der Waals surface area contributed by atoms with Gasteiger partial charge in [-0.15, -0.1) is 0 Å². The van der Waals surface area contributed by atoms with E-state index in [-0.39, 0.29) is 6.54 Å². The summed E-state index contributed by atoms with van der Waals surface area (Å²) in [4.78, 5) is 9.00. The summed E-state index contributed by atoms with van der Waals surface area (Å²) < 4.78 is 31.7. The molecule has 0 heterocycles. The van der Waals surface area contributed by atoms with Gasteiger partial charge in [-0.3, -0.25) is 4.79 Å². The molecule has 68 valence electrons. The third-order valence-corrected chi connectivity index (χ3v) is 0.950. The second kappa shape index (κ2) is 6.05. The number of carboxylic acid groups (broad SMARTS) is 1. The summed E-state index contributed by atoms with van der Waals surface area (Å²) in [5, 5.41) is 7.42. The molecule has 0 aromatic rings. The topological polar surface area (TPSA) is 83.5 Å². The van der Waals surface area contributed by atoms with Gasteiger partial charge >= 0.3 is 10.4 Å². The highest BCUT2D eigenvalue weighted by molar-refractivity contribution is 7.84. The smallest absolute Gasteiger partial charge is 0.372 e. The quantitative estimate of drug-likeness (QED) is 0.591. The minimum absolute atomic E-state index is 0.0961. The Morgan fingerprint density at radius 2 is 1.91 bits per heavy atom. The lowest BCUT2D eigenvalue weighted by atomic mass is 10.8. The summed E-state index contributed by atoms with van der Waals surface area (Å²) >= 11 is 0. The molecule has 0 bridgehead atoms. The van der Waals surface area contributed by atoms with Crippen LogP contribution in [0, 0.1) is 0 Å². The normalized spacial score (nSPS) is 9.73. The van der Waals surface area contributed by atoms with Gasteiger partial charge in [0.05, 0.1) is 0 Å². The fourth-order valence-electron chi connectivity index (χ4n) is 0.172. The van der Waals surface area contributed by atoms with Crippen LogP contribution in [-0.2, 0) is 15.2 Å². The Morgan fingerprint density at radius 1 is 1.64 bits per heavy atom. The highest BCUT2D eigenvalue weighted by Gasteiger charge is 1.99. The number of hydrogen-bond donors (Lipinski definition) is 2. The minimum atomic E-state index is -4.42. The Bertz CT molecular complexity index is 196. The van der Waals surface area contributed by atoms with Crippen LogP contribution < -0.4 is 4.72 Å². The molecular weight excluding hydrogens is 177 g/mol. The molecule has 0 saturated heterocycles. The number of aliphatic carboxylic acids is 1. The molecule has 0 amide bonds. The summed E-state index contributed by atoms with van der Waals surface area (Å²) in [6.07, 6.45) is 0. The lowest BCUT2D eigenvalue weighted by Crippen LogP contribution is -2.17. The predicted octanol–water partition coefficient (Wildman–Crippen LogP) is -0.0989. The maximum Gasteiger partial charge on any atom is 0.372 e. The first-order valence-electron chi connectivity index (χ1n) is 2.68. The van der Waals surface area contributed by atoms with E-state index in [4.69, 9.17) is 9.90 Å². The maximum absolute atomic E-state index is 11.3. The molecule has 0 aliphatic carbocycles. The fourth-order valence-corrected chi connectivity index (χ4v) is 0.517. The highest BCUT2D eigenvalue weighted by atomic mass is 32.3. The van der Waals surface area contributed by atoms with E-state index in [2.05, 4.69) is 0 Å². The van der Waals surface area contributed by atoms with E-state index < -0.39 is 16.4 Å². The Kier molecular flexibility index (Phi) is 7.12. The van der Waals surface area contributed by atoms with E-state index in [1.165, 1.54) is 6.92 Å². The van der Waals surface area contributed by atoms with Gasteiger partial charge in [0, 0.05) is 13.5 Å². The van der Waals surface area contributed by atoms with E-state index in [1.807, 2.05) is 0 Å². The summed E-state index contributed by atoms with van der Waals surface area (Å²) in [6.45, 7) is 2.68. The highest BCUT2D eigenvalue weighted by Crippen LogP contribution is 1.78. The summed E-state index contributed by atoms with van der Waals surface area (Å²) in [5.74, 6) is -0.833. The third-order valence-electron chi connectivity index (χ3n) is 0.317. The molecule has 0 rings (SSSR count). The molecule has 0 aliphatic rings. The molecule has 11 heavy (non-hydrogen) atoms. The predicted molar refractivity (Wildman–Crippen MR) is 37.0 cm³/mol. The van der Waals surface area contributed by atoms with Crippen LogP contribution in [-0.4, -0.2) is 26.0 Å². The van der Waals surface area contributed by atoms with Crippen LogP contribution in [0.15, 0.2) is 0 Å². The van der Waals surface area contributed by atoms with Gasteiger partial charge in [0.25, 0.3) is 5.97 Å². The van der Waals surface area contributed by atoms with E-state index in [0.29, 0.717) is 0 Å². The third kappa shape index (κ3) is 45.4. The first-order valence-corrected chi connectivity index (χ1v) is 4.06. The number of halogens is 1. The molecule has 0 aromatic heterocycles. The maximum atomic E-state index is 11.3. The van der Waals surface area contributed by atoms with Crippen molar-refractivity contribution in [1.29, 1.82) is 0 Å². The molecule has 0 fully saturated rings. The number of hydrogen-bond acceptors (Lipinski definition) is 3. The van der Waals surface area contributed by atoms with Gasteiger partial charge < -0.3 is 5.11 Å². The molecule has 0 saturated carbocycles. The monoisotopic (exact) mass is 187 g/mol. The van der Waals surface area contributed by atoms with Crippen molar-refractivity contribution in [3.63, 3.8) is 0 Å². The Hall–Kier alpha value is -0.690. The Morgan fingerprint density at radius 3 is 1.91 bits per heavy atom. The lowest BCUT2D eigenvalue weighted by Gasteiger charge is -1.87. The van der Waals surface area contributed by atoms with E-state index in [9.17, 15) is 12.3 Å². The van der Waals surface area contributed by atoms with Gasteiger partial charge in [0.2, 0.25) is 0 Å². The molecule has 0 unspecified atom stereocenters. The van der Waals surface area contributed by atoms with Crippen LogP contribution in [0.1, 0.15) is 13.8 Å². The zero-order valence-electron chi connectivity index (χ0n) is 6.17. The molecule has 2 N–H and O–H groups in total. The molecule has 0 spiro atoms. The Balaban J connectivity index is 0. The van der Waals surface area contributed by atoms with Crippen molar-refractivity contribution in [3.8, 4) is 0 Å². The van der Waals surface area contributed by atoms with Crippen molar-refractivity contribution in [2.45, 2.75) is 13.8 Å².